The number of piperazine rings is 1. The number of aromatic nitrogens is 3. The van der Waals surface area contributed by atoms with Crippen molar-refractivity contribution in [2.75, 3.05) is 37.3 Å². The van der Waals surface area contributed by atoms with Gasteiger partial charge in [-0.05, 0) is 41.8 Å². The zero-order valence-corrected chi connectivity index (χ0v) is 18.6. The van der Waals surface area contributed by atoms with Gasteiger partial charge in [0.15, 0.2) is 21.7 Å². The Kier molecular flexibility index (Phi) is 5.40. The van der Waals surface area contributed by atoms with E-state index in [0.29, 0.717) is 0 Å². The number of nitrogens with one attached hydrogen (secondary N) is 1. The molecule has 1 fully saturated rings. The Hall–Kier alpha value is -2.87. The minimum Gasteiger partial charge on any atom is -0.369 e. The number of anilines is 1. The monoisotopic (exact) mass is 432 g/mol. The molecule has 1 aliphatic rings. The molecule has 4 aromatic rings. The minimum absolute atomic E-state index is 0.780. The van der Waals surface area contributed by atoms with Crippen LogP contribution in [0.1, 0.15) is 5.56 Å². The van der Waals surface area contributed by atoms with E-state index in [0.717, 1.165) is 64.5 Å². The molecule has 1 saturated heterocycles. The molecule has 158 valence electrons. The fourth-order valence-electron chi connectivity index (χ4n) is 4.08. The van der Waals surface area contributed by atoms with Crippen molar-refractivity contribution < 1.29 is 4.55 Å². The molecule has 0 radical (unpaired) electrons. The van der Waals surface area contributed by atoms with Crippen LogP contribution in [0.2, 0.25) is 0 Å². The van der Waals surface area contributed by atoms with Crippen LogP contribution >= 0.6 is 0 Å². The third-order valence-electron chi connectivity index (χ3n) is 5.88. The Balaban J connectivity index is 1.47. The number of nitrogens with zero attached hydrogens (tertiary/aromatic N) is 4. The minimum atomic E-state index is -0.780. The molecule has 1 unspecified atom stereocenters. The lowest BCUT2D eigenvalue weighted by Gasteiger charge is -2.29. The summed E-state index contributed by atoms with van der Waals surface area (Å²) in [7, 11) is 0. The number of fused-ring (bicyclic) bond motifs is 1. The van der Waals surface area contributed by atoms with Crippen LogP contribution in [0.25, 0.3) is 27.9 Å². The molecule has 2 aromatic carbocycles. The van der Waals surface area contributed by atoms with Gasteiger partial charge in [-0.25, -0.2) is 9.50 Å². The van der Waals surface area contributed by atoms with Crippen molar-refractivity contribution in [1.29, 1.82) is 0 Å². The van der Waals surface area contributed by atoms with Gasteiger partial charge >= 0.3 is 0 Å². The predicted octanol–water partition coefficient (Wildman–Crippen LogP) is 3.86. The lowest BCUT2D eigenvalue weighted by molar-refractivity contribution is 0.589. The fraction of sp³-hybridized carbons (Fsp3) is 0.250. The number of hydrogen-bond acceptors (Lipinski definition) is 5. The van der Waals surface area contributed by atoms with Gasteiger partial charge in [-0.2, -0.15) is 9.65 Å². The van der Waals surface area contributed by atoms with Crippen LogP contribution in [0.15, 0.2) is 66.0 Å². The molecule has 0 bridgehead atoms. The maximum Gasteiger partial charge on any atom is 0.190 e. The number of benzene rings is 2. The lowest BCUT2D eigenvalue weighted by atomic mass is 10.0. The van der Waals surface area contributed by atoms with Gasteiger partial charge in [0.1, 0.15) is 6.26 Å². The van der Waals surface area contributed by atoms with E-state index in [1.807, 2.05) is 47.6 Å². The van der Waals surface area contributed by atoms with Crippen molar-refractivity contribution in [3.8, 4) is 22.3 Å². The summed E-state index contributed by atoms with van der Waals surface area (Å²) in [6, 6.07) is 14.7. The topological polar surface area (TPSA) is 65.7 Å². The number of aryl methyl sites for hydroxylation is 1. The number of hydrogen-bond donors (Lipinski definition) is 2. The van der Waals surface area contributed by atoms with Crippen molar-refractivity contribution in [2.24, 2.45) is 0 Å². The molecule has 0 amide bonds. The van der Waals surface area contributed by atoms with E-state index >= 15 is 0 Å². The summed E-state index contributed by atoms with van der Waals surface area (Å²) in [5.41, 5.74) is 7.40. The summed E-state index contributed by atoms with van der Waals surface area (Å²) in [4.78, 5) is 8.07. The lowest BCUT2D eigenvalue weighted by Crippen LogP contribution is -2.43. The van der Waals surface area contributed by atoms with Crippen LogP contribution in [0.4, 0.5) is 5.69 Å². The molecule has 7 heteroatoms. The van der Waals surface area contributed by atoms with Gasteiger partial charge in [-0.1, -0.05) is 18.2 Å². The molecular formula is C24H26N5OS+. The summed E-state index contributed by atoms with van der Waals surface area (Å²) >= 11 is -0.780. The Morgan fingerprint density at radius 3 is 2.48 bits per heavy atom. The molecule has 1 aliphatic heterocycles. The van der Waals surface area contributed by atoms with Crippen LogP contribution in [-0.2, 0) is 11.2 Å². The molecule has 6 nitrogen and oxygen atoms in total. The van der Waals surface area contributed by atoms with E-state index in [1.54, 1.807) is 0 Å². The maximum absolute atomic E-state index is 10.0. The molecule has 5 rings (SSSR count). The first-order valence-electron chi connectivity index (χ1n) is 10.5. The normalized spacial score (nSPS) is 15.4. The highest BCUT2D eigenvalue weighted by Crippen LogP contribution is 2.30. The van der Waals surface area contributed by atoms with Crippen molar-refractivity contribution in [3.05, 3.63) is 66.6 Å². The fourth-order valence-corrected chi connectivity index (χ4v) is 4.63. The van der Waals surface area contributed by atoms with Gasteiger partial charge in [0.25, 0.3) is 0 Å². The summed E-state index contributed by atoms with van der Waals surface area (Å²) in [5, 5.41) is 7.96. The maximum atomic E-state index is 10.0. The van der Waals surface area contributed by atoms with Gasteiger partial charge in [-0.3, -0.25) is 0 Å². The van der Waals surface area contributed by atoms with Gasteiger partial charge in [-0.15, -0.1) is 0 Å². The van der Waals surface area contributed by atoms with Crippen LogP contribution in [0.3, 0.4) is 0 Å². The molecule has 31 heavy (non-hydrogen) atoms. The highest BCUT2D eigenvalue weighted by atomic mass is 32.2. The Morgan fingerprint density at radius 1 is 0.968 bits per heavy atom. The second-order valence-corrected chi connectivity index (χ2v) is 9.34. The molecule has 0 spiro atoms. The van der Waals surface area contributed by atoms with E-state index in [2.05, 4.69) is 46.5 Å². The zero-order chi connectivity index (χ0) is 21.4. The largest absolute Gasteiger partial charge is 0.369 e. The van der Waals surface area contributed by atoms with Crippen molar-refractivity contribution in [1.82, 2.24) is 19.9 Å². The van der Waals surface area contributed by atoms with E-state index < -0.39 is 11.2 Å². The second-order valence-electron chi connectivity index (χ2n) is 7.91. The molecule has 2 N–H and O–H groups in total. The molecule has 0 saturated carbocycles. The van der Waals surface area contributed by atoms with Crippen LogP contribution in [0, 0.1) is 6.92 Å². The Morgan fingerprint density at radius 2 is 1.74 bits per heavy atom. The average molecular weight is 433 g/mol. The van der Waals surface area contributed by atoms with E-state index in [-0.39, 0.29) is 0 Å². The smallest absolute Gasteiger partial charge is 0.190 e. The van der Waals surface area contributed by atoms with Crippen LogP contribution in [0.5, 0.6) is 0 Å². The van der Waals surface area contributed by atoms with Gasteiger partial charge in [0.2, 0.25) is 0 Å². The first-order chi connectivity index (χ1) is 15.1. The van der Waals surface area contributed by atoms with Gasteiger partial charge in [0, 0.05) is 61.5 Å². The third-order valence-corrected chi connectivity index (χ3v) is 6.82. The van der Waals surface area contributed by atoms with Crippen LogP contribution in [-0.4, -0.2) is 51.6 Å². The Labute approximate surface area is 185 Å². The SMILES string of the molecule is Cc1ccc([S+](C)O)cc1-c1cnn2cc(-c3ccc(N4CCNCC4)cc3)cnc12. The highest BCUT2D eigenvalue weighted by Gasteiger charge is 2.18. The van der Waals surface area contributed by atoms with Crippen molar-refractivity contribution in [2.45, 2.75) is 11.8 Å². The summed E-state index contributed by atoms with van der Waals surface area (Å²) in [5.74, 6) is 0. The summed E-state index contributed by atoms with van der Waals surface area (Å²) in [6.07, 6.45) is 7.61. The van der Waals surface area contributed by atoms with Crippen molar-refractivity contribution >= 4 is 22.5 Å². The van der Waals surface area contributed by atoms with Crippen molar-refractivity contribution in [3.63, 3.8) is 0 Å². The van der Waals surface area contributed by atoms with Gasteiger partial charge in [0.05, 0.1) is 6.20 Å². The molecule has 0 aliphatic carbocycles. The van der Waals surface area contributed by atoms with Crippen LogP contribution < -0.4 is 10.2 Å². The molecule has 3 heterocycles. The standard InChI is InChI=1S/C24H26N5OS/c1-17-3-8-21(31(2)30)13-22(17)23-15-27-29-16-19(14-26-24(23)29)18-4-6-20(7-5-18)28-11-9-25-10-12-28/h3-8,13-16,25,30H,9-12H2,1-2H3/q+1. The number of rotatable bonds is 4. The second kappa shape index (κ2) is 8.34. The van der Waals surface area contributed by atoms with E-state index in [1.165, 1.54) is 5.69 Å². The zero-order valence-electron chi connectivity index (χ0n) is 17.7. The first-order valence-corrected chi connectivity index (χ1v) is 12.0. The third kappa shape index (κ3) is 3.92. The summed E-state index contributed by atoms with van der Waals surface area (Å²) < 4.78 is 11.8. The van der Waals surface area contributed by atoms with E-state index in [9.17, 15) is 4.55 Å². The summed E-state index contributed by atoms with van der Waals surface area (Å²) in [6.45, 7) is 6.22. The quantitative estimate of drug-likeness (QED) is 0.480. The molecule has 2 aromatic heterocycles. The first kappa shape index (κ1) is 20.1. The van der Waals surface area contributed by atoms with E-state index in [4.69, 9.17) is 4.98 Å². The van der Waals surface area contributed by atoms with Gasteiger partial charge < -0.3 is 10.2 Å². The predicted molar refractivity (Wildman–Crippen MR) is 128 cm³/mol. The average Bonchev–Trinajstić information content (AvgIpc) is 3.23. The molecule has 1 atom stereocenters. The Bertz CT molecular complexity index is 1210. The molecular weight excluding hydrogens is 406 g/mol. The highest BCUT2D eigenvalue weighted by molar-refractivity contribution is 7.90.